The predicted octanol–water partition coefficient (Wildman–Crippen LogP) is 4.31. The van der Waals surface area contributed by atoms with Crippen molar-refractivity contribution >= 4 is 38.4 Å². The molecule has 0 bridgehead atoms. The molecular weight excluding hydrogens is 461 g/mol. The van der Waals surface area contributed by atoms with E-state index in [1.165, 1.54) is 36.4 Å². The highest BCUT2D eigenvalue weighted by molar-refractivity contribution is 7.90. The monoisotopic (exact) mass is 483 g/mol. The Balaban J connectivity index is 1.46. The molecule has 1 atom stereocenters. The van der Waals surface area contributed by atoms with E-state index in [1.54, 1.807) is 49.7 Å². The summed E-state index contributed by atoms with van der Waals surface area (Å²) in [7, 11) is -4.13. The highest BCUT2D eigenvalue weighted by Crippen LogP contribution is 2.24. The zero-order valence-electron chi connectivity index (χ0n) is 18.6. The van der Waals surface area contributed by atoms with Gasteiger partial charge in [-0.15, -0.1) is 0 Å². The van der Waals surface area contributed by atoms with Gasteiger partial charge in [0.2, 0.25) is 5.91 Å². The fraction of sp³-hybridized carbons (Fsp3) is 0.167. The highest BCUT2D eigenvalue weighted by Gasteiger charge is 2.22. The van der Waals surface area contributed by atoms with Gasteiger partial charge in [0.15, 0.2) is 0 Å². The fourth-order valence-corrected chi connectivity index (χ4v) is 4.64. The van der Waals surface area contributed by atoms with E-state index in [0.29, 0.717) is 28.1 Å². The number of halogens is 1. The van der Waals surface area contributed by atoms with Crippen molar-refractivity contribution in [1.82, 2.24) is 9.29 Å². The van der Waals surface area contributed by atoms with Gasteiger partial charge in [0, 0.05) is 17.3 Å². The molecule has 2 aromatic carbocycles. The summed E-state index contributed by atoms with van der Waals surface area (Å²) in [6.07, 6.45) is 1.64. The molecule has 34 heavy (non-hydrogen) atoms. The average molecular weight is 484 g/mol. The third-order valence-electron chi connectivity index (χ3n) is 5.45. The molecule has 8 nitrogen and oxygen atoms in total. The number of aromatic nitrogens is 1. The number of hydrogen-bond donors (Lipinski definition) is 2. The van der Waals surface area contributed by atoms with E-state index in [9.17, 15) is 22.4 Å². The number of nitrogens with one attached hydrogen (secondary N) is 2. The highest BCUT2D eigenvalue weighted by atomic mass is 32.2. The Bertz CT molecular complexity index is 1500. The maximum Gasteiger partial charge on any atom is 0.268 e. The smallest absolute Gasteiger partial charge is 0.268 e. The minimum Gasteiger partial charge on any atom is -0.466 e. The molecule has 0 saturated heterocycles. The maximum absolute atomic E-state index is 13.9. The first-order chi connectivity index (χ1) is 16.1. The van der Waals surface area contributed by atoms with Crippen LogP contribution in [0.2, 0.25) is 0 Å². The number of aryl methyl sites for hydroxylation is 2. The van der Waals surface area contributed by atoms with E-state index in [4.69, 9.17) is 4.42 Å². The van der Waals surface area contributed by atoms with Crippen molar-refractivity contribution < 1.29 is 26.8 Å². The second-order valence-corrected chi connectivity index (χ2v) is 9.53. The largest absolute Gasteiger partial charge is 0.466 e. The first-order valence-electron chi connectivity index (χ1n) is 10.4. The summed E-state index contributed by atoms with van der Waals surface area (Å²) in [4.78, 5) is 25.0. The van der Waals surface area contributed by atoms with Crippen LogP contribution in [0.4, 0.5) is 10.1 Å². The number of rotatable bonds is 6. The van der Waals surface area contributed by atoms with Gasteiger partial charge in [0.05, 0.1) is 16.0 Å². The van der Waals surface area contributed by atoms with Crippen LogP contribution in [0.3, 0.4) is 0 Å². The first-order valence-corrected chi connectivity index (χ1v) is 11.9. The molecule has 0 radical (unpaired) electrons. The lowest BCUT2D eigenvalue weighted by atomic mass is 10.2. The van der Waals surface area contributed by atoms with Gasteiger partial charge >= 0.3 is 0 Å². The molecule has 10 heteroatoms. The predicted molar refractivity (Wildman–Crippen MR) is 125 cm³/mol. The number of furan rings is 1. The Kier molecular flexibility index (Phi) is 6.01. The van der Waals surface area contributed by atoms with Crippen LogP contribution in [0.25, 0.3) is 10.9 Å². The lowest BCUT2D eigenvalue weighted by Crippen LogP contribution is -2.30. The van der Waals surface area contributed by atoms with E-state index in [-0.39, 0.29) is 22.2 Å². The van der Waals surface area contributed by atoms with Crippen molar-refractivity contribution in [2.75, 3.05) is 5.32 Å². The van der Waals surface area contributed by atoms with Gasteiger partial charge in [0.1, 0.15) is 23.4 Å². The topological polar surface area (TPSA) is 110 Å². The first kappa shape index (κ1) is 23.2. The number of sulfonamides is 1. The molecule has 2 N–H and O–H groups in total. The van der Waals surface area contributed by atoms with Crippen LogP contribution in [0.15, 0.2) is 70.1 Å². The van der Waals surface area contributed by atoms with Crippen molar-refractivity contribution in [2.24, 2.45) is 0 Å². The van der Waals surface area contributed by atoms with Crippen molar-refractivity contribution in [2.45, 2.75) is 31.7 Å². The minimum atomic E-state index is -4.13. The van der Waals surface area contributed by atoms with Crippen LogP contribution < -0.4 is 10.0 Å². The molecule has 0 aliphatic heterocycles. The van der Waals surface area contributed by atoms with Crippen molar-refractivity contribution in [3.8, 4) is 0 Å². The zero-order chi connectivity index (χ0) is 24.6. The van der Waals surface area contributed by atoms with Crippen molar-refractivity contribution in [3.05, 3.63) is 83.7 Å². The summed E-state index contributed by atoms with van der Waals surface area (Å²) >= 11 is 0. The lowest BCUT2D eigenvalue weighted by molar-refractivity contribution is -0.118. The SMILES string of the molecule is Cc1cc(C(=O)NS(=O)(=O)c2ccc(NC(=O)C(C)n3ccc4c(F)cccc43)cc2)c(C)o1. The molecule has 4 rings (SSSR count). The molecule has 0 saturated carbocycles. The maximum atomic E-state index is 13.9. The standard InChI is InChI=1S/C24H22FN3O5S/c1-14-13-20(16(3)33-14)24(30)27-34(31,32)18-9-7-17(8-10-18)26-23(29)15(2)28-12-11-19-21(25)5-4-6-22(19)28/h4-13,15H,1-3H3,(H,26,29)(H,27,30). The van der Waals surface area contributed by atoms with Gasteiger partial charge in [-0.25, -0.2) is 17.5 Å². The van der Waals surface area contributed by atoms with Crippen LogP contribution in [-0.2, 0) is 14.8 Å². The molecule has 0 aliphatic carbocycles. The summed E-state index contributed by atoms with van der Waals surface area (Å²) in [5.74, 6) is -0.721. The summed E-state index contributed by atoms with van der Waals surface area (Å²) < 4.78 is 48.1. The van der Waals surface area contributed by atoms with Crippen LogP contribution in [0.5, 0.6) is 0 Å². The summed E-state index contributed by atoms with van der Waals surface area (Å²) in [6, 6.07) is 12.5. The minimum absolute atomic E-state index is 0.136. The van der Waals surface area contributed by atoms with E-state index in [1.807, 2.05) is 4.72 Å². The summed E-state index contributed by atoms with van der Waals surface area (Å²) in [5, 5.41) is 3.13. The van der Waals surface area contributed by atoms with Gasteiger partial charge in [0.25, 0.3) is 15.9 Å². The number of anilines is 1. The van der Waals surface area contributed by atoms with Crippen LogP contribution in [0.1, 0.15) is 34.8 Å². The van der Waals surface area contributed by atoms with Crippen LogP contribution in [0, 0.1) is 19.7 Å². The van der Waals surface area contributed by atoms with Crippen LogP contribution >= 0.6 is 0 Å². The number of carbonyl (C=O) groups excluding carboxylic acids is 2. The van der Waals surface area contributed by atoms with Gasteiger partial charge in [-0.2, -0.15) is 0 Å². The molecule has 176 valence electrons. The molecule has 2 aromatic heterocycles. The van der Waals surface area contributed by atoms with E-state index >= 15 is 0 Å². The Morgan fingerprint density at radius 3 is 2.41 bits per heavy atom. The number of fused-ring (bicyclic) bond motifs is 1. The number of hydrogen-bond acceptors (Lipinski definition) is 5. The zero-order valence-corrected chi connectivity index (χ0v) is 19.4. The third-order valence-corrected chi connectivity index (χ3v) is 6.80. The summed E-state index contributed by atoms with van der Waals surface area (Å²) in [5.41, 5.74) is 1.09. The van der Waals surface area contributed by atoms with Crippen molar-refractivity contribution in [1.29, 1.82) is 0 Å². The van der Waals surface area contributed by atoms with Crippen molar-refractivity contribution in [3.63, 3.8) is 0 Å². The summed E-state index contributed by atoms with van der Waals surface area (Å²) in [6.45, 7) is 4.90. The molecule has 1 unspecified atom stereocenters. The number of benzene rings is 2. The molecule has 2 heterocycles. The Morgan fingerprint density at radius 2 is 1.76 bits per heavy atom. The molecule has 4 aromatic rings. The molecule has 0 spiro atoms. The van der Waals surface area contributed by atoms with E-state index in [0.717, 1.165) is 0 Å². The molecule has 0 fully saturated rings. The number of amides is 2. The Hall–Kier alpha value is -3.92. The number of nitrogens with zero attached hydrogens (tertiary/aromatic N) is 1. The molecular formula is C24H22FN3O5S. The molecule has 0 aliphatic rings. The molecule has 2 amide bonds. The normalized spacial score (nSPS) is 12.5. The fourth-order valence-electron chi connectivity index (χ4n) is 3.67. The van der Waals surface area contributed by atoms with Gasteiger partial charge in [-0.3, -0.25) is 9.59 Å². The van der Waals surface area contributed by atoms with Gasteiger partial charge in [-0.1, -0.05) is 6.07 Å². The Labute approximate surface area is 195 Å². The van der Waals surface area contributed by atoms with Gasteiger partial charge < -0.3 is 14.3 Å². The lowest BCUT2D eigenvalue weighted by Gasteiger charge is -2.16. The van der Waals surface area contributed by atoms with Gasteiger partial charge in [-0.05, 0) is 69.3 Å². The second kappa shape index (κ2) is 8.79. The van der Waals surface area contributed by atoms with E-state index in [2.05, 4.69) is 5.32 Å². The second-order valence-electron chi connectivity index (χ2n) is 7.85. The average Bonchev–Trinajstić information content (AvgIpc) is 3.36. The quantitative estimate of drug-likeness (QED) is 0.425. The number of carbonyl (C=O) groups is 2. The van der Waals surface area contributed by atoms with E-state index < -0.39 is 22.0 Å². The Morgan fingerprint density at radius 1 is 1.06 bits per heavy atom. The third kappa shape index (κ3) is 4.44. The van der Waals surface area contributed by atoms with Crippen LogP contribution in [-0.4, -0.2) is 24.8 Å².